The molecule has 0 radical (unpaired) electrons. The molecule has 3 saturated carbocycles. The van der Waals surface area contributed by atoms with E-state index in [1.807, 2.05) is 0 Å². The molecule has 0 aromatic rings. The Bertz CT molecular complexity index is 252. The Morgan fingerprint density at radius 3 is 2.50 bits per heavy atom. The lowest BCUT2D eigenvalue weighted by Gasteiger charge is -2.53. The summed E-state index contributed by atoms with van der Waals surface area (Å²) >= 11 is 0. The molecule has 0 N–H and O–H groups in total. The first-order valence-electron chi connectivity index (χ1n) is 8.06. The van der Waals surface area contributed by atoms with Crippen LogP contribution in [0.15, 0.2) is 0 Å². The largest absolute Gasteiger partial charge is 0.372 e. The van der Waals surface area contributed by atoms with Crippen molar-refractivity contribution in [2.45, 2.75) is 97.2 Å². The second-order valence-corrected chi connectivity index (χ2v) is 8.08. The molecule has 106 valence electrons. The monoisotopic (exact) mass is 252 g/mol. The predicted molar refractivity (Wildman–Crippen MR) is 77.8 cm³/mol. The van der Waals surface area contributed by atoms with Crippen molar-refractivity contribution in [1.82, 2.24) is 0 Å². The van der Waals surface area contributed by atoms with Gasteiger partial charge < -0.3 is 4.74 Å². The predicted octanol–water partition coefficient (Wildman–Crippen LogP) is 5.33. The van der Waals surface area contributed by atoms with E-state index in [1.54, 1.807) is 0 Å². The Morgan fingerprint density at radius 2 is 1.94 bits per heavy atom. The van der Waals surface area contributed by atoms with Gasteiger partial charge in [-0.3, -0.25) is 0 Å². The Labute approximate surface area is 114 Å². The van der Waals surface area contributed by atoms with Crippen molar-refractivity contribution in [1.29, 1.82) is 0 Å². The lowest BCUT2D eigenvalue weighted by Crippen LogP contribution is -2.51. The van der Waals surface area contributed by atoms with Gasteiger partial charge in [-0.15, -0.1) is 0 Å². The smallest absolute Gasteiger partial charge is 0.0691 e. The van der Waals surface area contributed by atoms with Crippen LogP contribution in [0.5, 0.6) is 0 Å². The van der Waals surface area contributed by atoms with E-state index in [4.69, 9.17) is 4.74 Å². The molecular formula is C17H32O. The van der Waals surface area contributed by atoms with Crippen LogP contribution in [-0.4, -0.2) is 11.7 Å². The van der Waals surface area contributed by atoms with E-state index in [-0.39, 0.29) is 0 Å². The van der Waals surface area contributed by atoms with Crippen LogP contribution in [0.3, 0.4) is 0 Å². The molecule has 0 spiro atoms. The lowest BCUT2D eigenvalue weighted by atomic mass is 9.61. The van der Waals surface area contributed by atoms with Gasteiger partial charge in [0.1, 0.15) is 0 Å². The summed E-state index contributed by atoms with van der Waals surface area (Å²) in [4.78, 5) is 0. The van der Waals surface area contributed by atoms with Crippen LogP contribution in [-0.2, 0) is 4.74 Å². The highest BCUT2D eigenvalue weighted by molar-refractivity contribution is 5.00. The third-order valence-corrected chi connectivity index (χ3v) is 4.80. The third kappa shape index (κ3) is 3.98. The van der Waals surface area contributed by atoms with E-state index in [9.17, 15) is 0 Å². The van der Waals surface area contributed by atoms with Crippen LogP contribution < -0.4 is 0 Å². The number of fused-ring (bicyclic) bond motifs is 2. The van der Waals surface area contributed by atoms with E-state index >= 15 is 0 Å². The van der Waals surface area contributed by atoms with Crippen molar-refractivity contribution in [3.8, 4) is 0 Å². The molecule has 3 aliphatic carbocycles. The van der Waals surface area contributed by atoms with Gasteiger partial charge in [-0.05, 0) is 50.4 Å². The average Bonchev–Trinajstić information content (AvgIpc) is 2.22. The van der Waals surface area contributed by atoms with Gasteiger partial charge in [-0.25, -0.2) is 0 Å². The van der Waals surface area contributed by atoms with E-state index < -0.39 is 0 Å². The first kappa shape index (κ1) is 14.4. The normalized spacial score (nSPS) is 33.0. The molecule has 2 bridgehead atoms. The van der Waals surface area contributed by atoms with Gasteiger partial charge in [0.25, 0.3) is 0 Å². The minimum Gasteiger partial charge on any atom is -0.372 e. The zero-order valence-electron chi connectivity index (χ0n) is 12.9. The average molecular weight is 252 g/mol. The van der Waals surface area contributed by atoms with Crippen LogP contribution in [0.4, 0.5) is 0 Å². The van der Waals surface area contributed by atoms with Crippen LogP contribution in [0.2, 0.25) is 0 Å². The van der Waals surface area contributed by atoms with Crippen molar-refractivity contribution in [2.24, 2.45) is 11.3 Å². The first-order chi connectivity index (χ1) is 8.39. The van der Waals surface area contributed by atoms with E-state index in [1.165, 1.54) is 57.8 Å². The lowest BCUT2D eigenvalue weighted by molar-refractivity contribution is -0.183. The second kappa shape index (κ2) is 5.53. The van der Waals surface area contributed by atoms with Crippen molar-refractivity contribution in [3.05, 3.63) is 0 Å². The molecule has 0 saturated heterocycles. The van der Waals surface area contributed by atoms with Crippen molar-refractivity contribution in [2.75, 3.05) is 0 Å². The fraction of sp³-hybridized carbons (Fsp3) is 1.00. The van der Waals surface area contributed by atoms with Gasteiger partial charge >= 0.3 is 0 Å². The van der Waals surface area contributed by atoms with Crippen molar-refractivity contribution >= 4 is 0 Å². The standard InChI is InChI=1S/C17H32O/c1-14(8-5-6-10-16(2,3)4)18-17-11-7-9-15(12-17)13-17/h14-15H,5-13H2,1-4H3. The molecule has 0 aliphatic heterocycles. The Hall–Kier alpha value is -0.0400. The summed E-state index contributed by atoms with van der Waals surface area (Å²) in [5.41, 5.74) is 0.819. The van der Waals surface area contributed by atoms with E-state index in [2.05, 4.69) is 27.7 Å². The van der Waals surface area contributed by atoms with Gasteiger partial charge in [0.15, 0.2) is 0 Å². The Kier molecular flexibility index (Phi) is 4.41. The number of hydrogen-bond donors (Lipinski definition) is 0. The second-order valence-electron chi connectivity index (χ2n) is 8.08. The Morgan fingerprint density at radius 1 is 1.22 bits per heavy atom. The molecule has 1 atom stereocenters. The summed E-state index contributed by atoms with van der Waals surface area (Å²) in [5.74, 6) is 1.01. The summed E-state index contributed by atoms with van der Waals surface area (Å²) in [7, 11) is 0. The minimum atomic E-state index is 0.326. The SMILES string of the molecule is CC(CCCCC(C)(C)C)OC12CCCC(C1)C2. The molecule has 3 aliphatic rings. The molecule has 0 aromatic carbocycles. The van der Waals surface area contributed by atoms with Crippen LogP contribution in [0.1, 0.15) is 85.5 Å². The maximum atomic E-state index is 6.38. The van der Waals surface area contributed by atoms with Crippen molar-refractivity contribution < 1.29 is 4.74 Å². The number of ether oxygens (including phenoxy) is 1. The molecule has 18 heavy (non-hydrogen) atoms. The van der Waals surface area contributed by atoms with Gasteiger partial charge in [-0.1, -0.05) is 46.5 Å². The maximum absolute atomic E-state index is 6.38. The van der Waals surface area contributed by atoms with Crippen LogP contribution in [0.25, 0.3) is 0 Å². The quantitative estimate of drug-likeness (QED) is 0.580. The molecule has 0 heterocycles. The summed E-state index contributed by atoms with van der Waals surface area (Å²) in [6, 6.07) is 0. The summed E-state index contributed by atoms with van der Waals surface area (Å²) < 4.78 is 6.38. The van der Waals surface area contributed by atoms with Gasteiger partial charge in [-0.2, -0.15) is 0 Å². The molecule has 3 rings (SSSR count). The molecule has 1 unspecified atom stereocenters. The summed E-state index contributed by atoms with van der Waals surface area (Å²) in [6.45, 7) is 9.29. The molecule has 1 nitrogen and oxygen atoms in total. The molecule has 0 aromatic heterocycles. The molecule has 0 amide bonds. The molecule has 1 heteroatoms. The van der Waals surface area contributed by atoms with Crippen LogP contribution >= 0.6 is 0 Å². The van der Waals surface area contributed by atoms with Gasteiger partial charge in [0.05, 0.1) is 11.7 Å². The molecule has 3 fully saturated rings. The summed E-state index contributed by atoms with van der Waals surface area (Å²) in [6.07, 6.45) is 12.7. The number of unbranched alkanes of at least 4 members (excludes halogenated alkanes) is 1. The Balaban J connectivity index is 1.59. The highest BCUT2D eigenvalue weighted by atomic mass is 16.5. The fourth-order valence-electron chi connectivity index (χ4n) is 3.84. The van der Waals surface area contributed by atoms with E-state index in [0.29, 0.717) is 17.1 Å². The van der Waals surface area contributed by atoms with Crippen LogP contribution in [0, 0.1) is 11.3 Å². The zero-order valence-corrected chi connectivity index (χ0v) is 12.9. The zero-order chi connectivity index (χ0) is 13.2. The highest BCUT2D eigenvalue weighted by Gasteiger charge is 2.48. The minimum absolute atomic E-state index is 0.326. The number of hydrogen-bond acceptors (Lipinski definition) is 1. The summed E-state index contributed by atoms with van der Waals surface area (Å²) in [5, 5.41) is 0. The maximum Gasteiger partial charge on any atom is 0.0691 e. The van der Waals surface area contributed by atoms with E-state index in [0.717, 1.165) is 5.92 Å². The third-order valence-electron chi connectivity index (χ3n) is 4.80. The highest BCUT2D eigenvalue weighted by Crippen LogP contribution is 2.51. The molecular weight excluding hydrogens is 220 g/mol. The number of rotatable bonds is 6. The van der Waals surface area contributed by atoms with Gasteiger partial charge in [0, 0.05) is 0 Å². The topological polar surface area (TPSA) is 9.23 Å². The first-order valence-corrected chi connectivity index (χ1v) is 8.06. The van der Waals surface area contributed by atoms with Gasteiger partial charge in [0.2, 0.25) is 0 Å². The fourth-order valence-corrected chi connectivity index (χ4v) is 3.84. The van der Waals surface area contributed by atoms with Crippen molar-refractivity contribution in [3.63, 3.8) is 0 Å².